The molecule has 0 aliphatic carbocycles. The molecule has 3 fully saturated rings. The lowest BCUT2D eigenvalue weighted by Crippen LogP contribution is -2.57. The Hall–Kier alpha value is -2.24. The van der Waals surface area contributed by atoms with E-state index in [0.717, 1.165) is 19.3 Å². The summed E-state index contributed by atoms with van der Waals surface area (Å²) >= 11 is 3.63. The molecular weight excluding hydrogens is 570 g/mol. The molecule has 3 aliphatic rings. The monoisotopic (exact) mass is 611 g/mol. The number of alkyl halides is 1. The summed E-state index contributed by atoms with van der Waals surface area (Å²) in [6, 6.07) is -0.965. The molecule has 3 aliphatic heterocycles. The molecule has 3 saturated heterocycles. The van der Waals surface area contributed by atoms with Gasteiger partial charge in [-0.3, -0.25) is 19.2 Å². The Balaban J connectivity index is 1.83. The highest BCUT2D eigenvalue weighted by atomic mass is 79.9. The van der Waals surface area contributed by atoms with Crippen LogP contribution in [0.2, 0.25) is 0 Å². The van der Waals surface area contributed by atoms with Gasteiger partial charge in [-0.2, -0.15) is 0 Å². The smallest absolute Gasteiger partial charge is 0.312 e. The number of nitrogens with zero attached hydrogens (tertiary/aromatic N) is 2. The van der Waals surface area contributed by atoms with Crippen LogP contribution in [0.5, 0.6) is 0 Å². The van der Waals surface area contributed by atoms with Gasteiger partial charge in [0, 0.05) is 30.9 Å². The van der Waals surface area contributed by atoms with Crippen molar-refractivity contribution in [3.05, 3.63) is 25.3 Å². The summed E-state index contributed by atoms with van der Waals surface area (Å²) in [6.45, 7) is 11.7. The summed E-state index contributed by atoms with van der Waals surface area (Å²) in [6.07, 6.45) is 6.04. The fourth-order valence-corrected chi connectivity index (χ4v) is 7.04. The van der Waals surface area contributed by atoms with Crippen molar-refractivity contribution in [3.8, 4) is 0 Å². The average molecular weight is 613 g/mol. The molecule has 7 atom stereocenters. The van der Waals surface area contributed by atoms with Gasteiger partial charge in [0.05, 0.1) is 31.1 Å². The largest absolute Gasteiger partial charge is 0.460 e. The van der Waals surface area contributed by atoms with Crippen LogP contribution in [0.1, 0.15) is 52.4 Å². The van der Waals surface area contributed by atoms with Crippen LogP contribution in [0.15, 0.2) is 25.3 Å². The first-order valence-electron chi connectivity index (χ1n) is 13.9. The van der Waals surface area contributed by atoms with Crippen LogP contribution in [0, 0.1) is 11.8 Å². The molecule has 1 spiro atoms. The number of aliphatic hydroxyl groups excluding tert-OH is 1. The number of aliphatic hydroxyl groups is 1. The number of nitrogens with one attached hydrogen (secondary N) is 1. The number of hydrogen-bond acceptors (Lipinski definition) is 7. The summed E-state index contributed by atoms with van der Waals surface area (Å²) < 4.78 is 12.1. The van der Waals surface area contributed by atoms with E-state index in [9.17, 15) is 24.3 Å². The molecule has 1 unspecified atom stereocenters. The first-order chi connectivity index (χ1) is 18.7. The minimum absolute atomic E-state index is 0.0414. The highest BCUT2D eigenvalue weighted by molar-refractivity contribution is 9.09. The van der Waals surface area contributed by atoms with Crippen molar-refractivity contribution in [2.24, 2.45) is 11.8 Å². The molecule has 0 saturated carbocycles. The number of unbranched alkanes of at least 4 members (excludes halogenated alkanes) is 2. The molecule has 3 amide bonds. The third kappa shape index (κ3) is 6.41. The zero-order chi connectivity index (χ0) is 28.7. The van der Waals surface area contributed by atoms with Gasteiger partial charge >= 0.3 is 5.97 Å². The van der Waals surface area contributed by atoms with E-state index in [1.165, 1.54) is 4.90 Å². The van der Waals surface area contributed by atoms with Crippen molar-refractivity contribution in [1.29, 1.82) is 0 Å². The Labute approximate surface area is 239 Å². The van der Waals surface area contributed by atoms with Crippen LogP contribution in [0.3, 0.4) is 0 Å². The standard InChI is InChI=1S/C28H42BrN3O7/c1-5-8-10-13-31(12-7-3)26(36)24-28-16-19(29)23(39-28)21(22(28)25(35)32(24)14-15-33)27(37)38-18(4)17-30-20(34)11-9-6-2/h6-7,18-19,21-24,33H,2-3,5,8-17H2,1,4H3,(H,30,34)/t18-,19?,21+,22-,23+,24+,28-/m0/s1. The van der Waals surface area contributed by atoms with E-state index < -0.39 is 41.7 Å². The Kier molecular flexibility index (Phi) is 11.1. The van der Waals surface area contributed by atoms with Crippen LogP contribution in [0.25, 0.3) is 0 Å². The number of hydrogen-bond donors (Lipinski definition) is 2. The molecule has 0 aromatic rings. The van der Waals surface area contributed by atoms with Crippen molar-refractivity contribution in [1.82, 2.24) is 15.1 Å². The molecule has 11 heteroatoms. The number of halogens is 1. The molecule has 0 aromatic heterocycles. The van der Waals surface area contributed by atoms with Gasteiger partial charge in [-0.15, -0.1) is 13.2 Å². The molecule has 2 bridgehead atoms. The van der Waals surface area contributed by atoms with Crippen LogP contribution < -0.4 is 5.32 Å². The van der Waals surface area contributed by atoms with Gasteiger partial charge in [-0.1, -0.05) is 47.8 Å². The van der Waals surface area contributed by atoms with Crippen LogP contribution >= 0.6 is 15.9 Å². The minimum atomic E-state index is -1.21. The number of fused-ring (bicyclic) bond motifs is 1. The predicted octanol–water partition coefficient (Wildman–Crippen LogP) is 1.95. The van der Waals surface area contributed by atoms with Crippen molar-refractivity contribution in [2.45, 2.75) is 81.1 Å². The van der Waals surface area contributed by atoms with Gasteiger partial charge in [0.1, 0.15) is 17.7 Å². The molecule has 2 N–H and O–H groups in total. The van der Waals surface area contributed by atoms with Crippen LogP contribution in [0.4, 0.5) is 0 Å². The molecule has 3 rings (SSSR count). The van der Waals surface area contributed by atoms with Gasteiger partial charge in [-0.25, -0.2) is 0 Å². The SMILES string of the molecule is C=CCCC(=O)NC[C@H](C)OC(=O)[C@H]1[C@@H]2O[C@@]3(CC2Br)[C@@H]1C(=O)N(CCO)[C@@H]3C(=O)N(CC=C)CCCCC. The second-order valence-electron chi connectivity index (χ2n) is 10.6. The van der Waals surface area contributed by atoms with Crippen molar-refractivity contribution in [3.63, 3.8) is 0 Å². The molecule has 218 valence electrons. The van der Waals surface area contributed by atoms with Crippen LogP contribution in [-0.4, -0.2) is 100 Å². The molecule has 3 heterocycles. The lowest BCUT2D eigenvalue weighted by molar-refractivity contribution is -0.159. The summed E-state index contributed by atoms with van der Waals surface area (Å²) in [4.78, 5) is 56.0. The Morgan fingerprint density at radius 3 is 2.72 bits per heavy atom. The zero-order valence-electron chi connectivity index (χ0n) is 23.0. The normalized spacial score (nSPS) is 29.6. The predicted molar refractivity (Wildman–Crippen MR) is 149 cm³/mol. The number of likely N-dealkylation sites (tertiary alicyclic amines) is 1. The number of carbonyl (C=O) groups is 4. The number of β-amino-alcohol motifs (C(OH)–C–C–N with tert-alkyl or cyclic N) is 1. The van der Waals surface area contributed by atoms with Gasteiger partial charge in [0.25, 0.3) is 0 Å². The third-order valence-electron chi connectivity index (χ3n) is 7.81. The second-order valence-corrected chi connectivity index (χ2v) is 11.8. The second kappa shape index (κ2) is 13.9. The Bertz CT molecular complexity index is 946. The lowest BCUT2D eigenvalue weighted by Gasteiger charge is -2.37. The number of ether oxygens (including phenoxy) is 2. The van der Waals surface area contributed by atoms with Crippen molar-refractivity contribution in [2.75, 3.05) is 32.8 Å². The fourth-order valence-electron chi connectivity index (χ4n) is 6.10. The highest BCUT2D eigenvalue weighted by Gasteiger charge is 2.77. The topological polar surface area (TPSA) is 125 Å². The maximum Gasteiger partial charge on any atom is 0.312 e. The van der Waals surface area contributed by atoms with Gasteiger partial charge < -0.3 is 29.7 Å². The van der Waals surface area contributed by atoms with Gasteiger partial charge in [-0.05, 0) is 26.2 Å². The van der Waals surface area contributed by atoms with E-state index in [-0.39, 0.29) is 42.2 Å². The first kappa shape index (κ1) is 31.3. The molecule has 39 heavy (non-hydrogen) atoms. The quantitative estimate of drug-likeness (QED) is 0.118. The molecular formula is C28H42BrN3O7. The Morgan fingerprint density at radius 1 is 1.33 bits per heavy atom. The summed E-state index contributed by atoms with van der Waals surface area (Å²) in [5.74, 6) is -3.24. The lowest BCUT2D eigenvalue weighted by atomic mass is 9.70. The number of carbonyl (C=O) groups excluding carboxylic acids is 4. The number of amides is 3. The number of esters is 1. The van der Waals surface area contributed by atoms with E-state index in [4.69, 9.17) is 9.47 Å². The zero-order valence-corrected chi connectivity index (χ0v) is 24.6. The number of allylic oxidation sites excluding steroid dienone is 1. The minimum Gasteiger partial charge on any atom is -0.460 e. The van der Waals surface area contributed by atoms with Crippen molar-refractivity contribution >= 4 is 39.6 Å². The average Bonchev–Trinajstić information content (AvgIpc) is 3.49. The molecule has 0 aromatic carbocycles. The highest BCUT2D eigenvalue weighted by Crippen LogP contribution is 2.60. The fraction of sp³-hybridized carbons (Fsp3) is 0.714. The maximum atomic E-state index is 14.0. The molecule has 10 nitrogen and oxygen atoms in total. The van der Waals surface area contributed by atoms with E-state index in [2.05, 4.69) is 41.3 Å². The summed E-state index contributed by atoms with van der Waals surface area (Å²) in [5, 5.41) is 12.5. The van der Waals surface area contributed by atoms with Crippen LogP contribution in [-0.2, 0) is 28.7 Å². The third-order valence-corrected chi connectivity index (χ3v) is 8.65. The van der Waals surface area contributed by atoms with Gasteiger partial charge in [0.15, 0.2) is 0 Å². The van der Waals surface area contributed by atoms with Crippen molar-refractivity contribution < 1.29 is 33.8 Å². The maximum absolute atomic E-state index is 14.0. The first-order valence-corrected chi connectivity index (χ1v) is 14.8. The van der Waals surface area contributed by atoms with E-state index in [1.807, 2.05) is 0 Å². The Morgan fingerprint density at radius 2 is 2.08 bits per heavy atom. The van der Waals surface area contributed by atoms with E-state index in [0.29, 0.717) is 32.4 Å². The molecule has 0 radical (unpaired) electrons. The number of rotatable bonds is 16. The summed E-state index contributed by atoms with van der Waals surface area (Å²) in [7, 11) is 0. The van der Waals surface area contributed by atoms with Gasteiger partial charge in [0.2, 0.25) is 17.7 Å². The summed E-state index contributed by atoms with van der Waals surface area (Å²) in [5.41, 5.74) is -1.21. The van der Waals surface area contributed by atoms with E-state index in [1.54, 1.807) is 24.0 Å². The van der Waals surface area contributed by atoms with E-state index >= 15 is 0 Å².